The molecule has 0 aliphatic heterocycles. The molecular weight excluding hydrogens is 344 g/mol. The van der Waals surface area contributed by atoms with Gasteiger partial charge in [-0.25, -0.2) is 0 Å². The van der Waals surface area contributed by atoms with E-state index in [1.165, 1.54) is 51.4 Å². The number of aromatic nitrogens is 3. The molecule has 144 valence electrons. The van der Waals surface area contributed by atoms with Crippen LogP contribution >= 0.6 is 11.8 Å². The SMILES string of the molecule is CSc1nnc(CCCNC(=O)C[C@@H]2C[C@H]3CC[C@@H]2C3)n1C1CCCC1. The molecule has 0 aromatic carbocycles. The van der Waals surface area contributed by atoms with Crippen LogP contribution in [0.1, 0.15) is 76.1 Å². The van der Waals surface area contributed by atoms with Crippen LogP contribution in [0.4, 0.5) is 0 Å². The summed E-state index contributed by atoms with van der Waals surface area (Å²) in [4.78, 5) is 12.3. The van der Waals surface area contributed by atoms with Crippen molar-refractivity contribution in [3.05, 3.63) is 5.82 Å². The first-order chi connectivity index (χ1) is 12.7. The number of nitrogens with one attached hydrogen (secondary N) is 1. The van der Waals surface area contributed by atoms with Gasteiger partial charge in [0.1, 0.15) is 5.82 Å². The molecule has 6 heteroatoms. The summed E-state index contributed by atoms with van der Waals surface area (Å²) >= 11 is 1.69. The highest BCUT2D eigenvalue weighted by molar-refractivity contribution is 7.98. The zero-order valence-electron chi connectivity index (χ0n) is 16.0. The molecule has 1 aromatic rings. The van der Waals surface area contributed by atoms with E-state index in [1.54, 1.807) is 11.8 Å². The lowest BCUT2D eigenvalue weighted by atomic mass is 9.86. The Kier molecular flexibility index (Phi) is 5.87. The largest absolute Gasteiger partial charge is 0.356 e. The summed E-state index contributed by atoms with van der Waals surface area (Å²) in [6.45, 7) is 0.756. The number of hydrogen-bond acceptors (Lipinski definition) is 4. The normalized spacial score (nSPS) is 28.1. The predicted molar refractivity (Wildman–Crippen MR) is 104 cm³/mol. The van der Waals surface area contributed by atoms with Gasteiger partial charge in [-0.15, -0.1) is 10.2 Å². The summed E-state index contributed by atoms with van der Waals surface area (Å²) in [6.07, 6.45) is 15.2. The molecule has 1 aromatic heterocycles. The average molecular weight is 377 g/mol. The van der Waals surface area contributed by atoms with Gasteiger partial charge in [0.15, 0.2) is 5.16 Å². The highest BCUT2D eigenvalue weighted by Crippen LogP contribution is 2.49. The highest BCUT2D eigenvalue weighted by atomic mass is 32.2. The third-order valence-electron chi connectivity index (χ3n) is 6.84. The zero-order chi connectivity index (χ0) is 17.9. The van der Waals surface area contributed by atoms with Gasteiger partial charge in [0.2, 0.25) is 5.91 Å². The monoisotopic (exact) mass is 376 g/mol. The smallest absolute Gasteiger partial charge is 0.220 e. The summed E-state index contributed by atoms with van der Waals surface area (Å²) in [5.41, 5.74) is 0. The van der Waals surface area contributed by atoms with Gasteiger partial charge >= 0.3 is 0 Å². The van der Waals surface area contributed by atoms with E-state index < -0.39 is 0 Å². The van der Waals surface area contributed by atoms with Crippen molar-refractivity contribution in [2.45, 2.75) is 81.8 Å². The van der Waals surface area contributed by atoms with Gasteiger partial charge in [-0.2, -0.15) is 0 Å². The Morgan fingerprint density at radius 1 is 1.19 bits per heavy atom. The van der Waals surface area contributed by atoms with Crippen LogP contribution in [0.25, 0.3) is 0 Å². The van der Waals surface area contributed by atoms with E-state index in [0.717, 1.165) is 48.6 Å². The third-order valence-corrected chi connectivity index (χ3v) is 7.48. The van der Waals surface area contributed by atoms with Crippen molar-refractivity contribution in [2.75, 3.05) is 12.8 Å². The van der Waals surface area contributed by atoms with Gasteiger partial charge in [0.05, 0.1) is 0 Å². The number of thioether (sulfide) groups is 1. The zero-order valence-corrected chi connectivity index (χ0v) is 16.8. The standard InChI is InChI=1S/C20H32N4OS/c1-26-20-23-22-18(24(20)17-5-2-3-6-17)7-4-10-21-19(25)13-16-12-14-8-9-15(16)11-14/h14-17H,2-13H2,1H3,(H,21,25)/t14-,15+,16-/m0/s1. The summed E-state index contributed by atoms with van der Waals surface area (Å²) < 4.78 is 2.37. The van der Waals surface area contributed by atoms with Crippen molar-refractivity contribution in [1.29, 1.82) is 0 Å². The van der Waals surface area contributed by atoms with Crippen LogP contribution in [0.5, 0.6) is 0 Å². The Morgan fingerprint density at radius 3 is 2.73 bits per heavy atom. The molecule has 3 aliphatic rings. The predicted octanol–water partition coefficient (Wildman–Crippen LogP) is 3.99. The number of rotatable bonds is 8. The minimum atomic E-state index is 0.254. The maximum Gasteiger partial charge on any atom is 0.220 e. The van der Waals surface area contributed by atoms with E-state index in [4.69, 9.17) is 0 Å². The second-order valence-corrected chi connectivity index (χ2v) is 9.28. The average Bonchev–Trinajstić information content (AvgIpc) is 3.42. The Bertz CT molecular complexity index is 625. The van der Waals surface area contributed by atoms with Crippen LogP contribution in [0.2, 0.25) is 0 Å². The van der Waals surface area contributed by atoms with E-state index in [1.807, 2.05) is 0 Å². The fourth-order valence-electron chi connectivity index (χ4n) is 5.56. The van der Waals surface area contributed by atoms with Crippen LogP contribution < -0.4 is 5.32 Å². The second-order valence-electron chi connectivity index (χ2n) is 8.50. The van der Waals surface area contributed by atoms with Crippen molar-refractivity contribution >= 4 is 17.7 Å². The maximum absolute atomic E-state index is 12.3. The lowest BCUT2D eigenvalue weighted by Crippen LogP contribution is -2.28. The number of nitrogens with zero attached hydrogens (tertiary/aromatic N) is 3. The number of hydrogen-bond donors (Lipinski definition) is 1. The maximum atomic E-state index is 12.3. The van der Waals surface area contributed by atoms with Gasteiger partial charge in [0, 0.05) is 25.4 Å². The van der Waals surface area contributed by atoms with E-state index in [0.29, 0.717) is 12.0 Å². The van der Waals surface area contributed by atoms with E-state index in [2.05, 4.69) is 26.3 Å². The molecule has 3 saturated carbocycles. The molecule has 4 rings (SSSR count). The van der Waals surface area contributed by atoms with Crippen molar-refractivity contribution < 1.29 is 4.79 Å². The Hall–Kier alpha value is -1.04. The van der Waals surface area contributed by atoms with E-state index in [-0.39, 0.29) is 5.91 Å². The van der Waals surface area contributed by atoms with Crippen molar-refractivity contribution in [3.63, 3.8) is 0 Å². The summed E-state index contributed by atoms with van der Waals surface area (Å²) in [6, 6.07) is 0.579. The first-order valence-electron chi connectivity index (χ1n) is 10.5. The van der Waals surface area contributed by atoms with Gasteiger partial charge in [0.25, 0.3) is 0 Å². The molecule has 0 unspecified atom stereocenters. The molecule has 1 amide bonds. The highest BCUT2D eigenvalue weighted by Gasteiger charge is 2.40. The van der Waals surface area contributed by atoms with Crippen LogP contribution in [0, 0.1) is 17.8 Å². The number of amides is 1. The third kappa shape index (κ3) is 3.95. The Balaban J connectivity index is 1.22. The minimum absolute atomic E-state index is 0.254. The number of aryl methyl sites for hydroxylation is 1. The molecule has 3 aliphatic carbocycles. The molecule has 1 heterocycles. The lowest BCUT2D eigenvalue weighted by Gasteiger charge is -2.21. The van der Waals surface area contributed by atoms with Gasteiger partial charge in [-0.1, -0.05) is 31.0 Å². The molecule has 1 N–H and O–H groups in total. The fraction of sp³-hybridized carbons (Fsp3) is 0.850. The summed E-state index contributed by atoms with van der Waals surface area (Å²) in [5, 5.41) is 13.0. The Morgan fingerprint density at radius 2 is 2.04 bits per heavy atom. The molecule has 3 fully saturated rings. The van der Waals surface area contributed by atoms with Crippen molar-refractivity contribution in [2.24, 2.45) is 17.8 Å². The topological polar surface area (TPSA) is 59.8 Å². The number of carbonyl (C=O) groups excluding carboxylic acids is 1. The molecule has 2 bridgehead atoms. The number of carbonyl (C=O) groups is 1. The minimum Gasteiger partial charge on any atom is -0.356 e. The number of fused-ring (bicyclic) bond motifs is 2. The molecule has 26 heavy (non-hydrogen) atoms. The van der Waals surface area contributed by atoms with Crippen LogP contribution in [-0.2, 0) is 11.2 Å². The first kappa shape index (κ1) is 18.3. The van der Waals surface area contributed by atoms with E-state index in [9.17, 15) is 4.79 Å². The first-order valence-corrected chi connectivity index (χ1v) is 11.7. The quantitative estimate of drug-likeness (QED) is 0.550. The van der Waals surface area contributed by atoms with E-state index >= 15 is 0 Å². The van der Waals surface area contributed by atoms with Crippen LogP contribution in [-0.4, -0.2) is 33.5 Å². The summed E-state index contributed by atoms with van der Waals surface area (Å²) in [5.74, 6) is 3.77. The van der Waals surface area contributed by atoms with Crippen molar-refractivity contribution in [1.82, 2.24) is 20.1 Å². The van der Waals surface area contributed by atoms with Gasteiger partial charge in [-0.05, 0) is 62.5 Å². The lowest BCUT2D eigenvalue weighted by molar-refractivity contribution is -0.122. The van der Waals surface area contributed by atoms with Crippen LogP contribution in [0.3, 0.4) is 0 Å². The molecule has 3 atom stereocenters. The van der Waals surface area contributed by atoms with Gasteiger partial charge in [-0.3, -0.25) is 4.79 Å². The fourth-order valence-corrected chi connectivity index (χ4v) is 6.13. The Labute approximate surface area is 161 Å². The van der Waals surface area contributed by atoms with Crippen molar-refractivity contribution in [3.8, 4) is 0 Å². The van der Waals surface area contributed by atoms with Gasteiger partial charge < -0.3 is 9.88 Å². The second kappa shape index (κ2) is 8.32. The molecule has 0 radical (unpaired) electrons. The molecule has 0 spiro atoms. The molecular formula is C20H32N4OS. The molecule has 0 saturated heterocycles. The molecule has 5 nitrogen and oxygen atoms in total. The summed E-state index contributed by atoms with van der Waals surface area (Å²) in [7, 11) is 0. The van der Waals surface area contributed by atoms with Crippen LogP contribution in [0.15, 0.2) is 5.16 Å².